The minimum Gasteiger partial charge on any atom is -0.493 e. The van der Waals surface area contributed by atoms with Gasteiger partial charge in [0.1, 0.15) is 5.76 Å². The third-order valence-corrected chi connectivity index (χ3v) is 4.03. The van der Waals surface area contributed by atoms with Crippen LogP contribution in [0.1, 0.15) is 25.1 Å². The zero-order valence-corrected chi connectivity index (χ0v) is 12.6. The predicted octanol–water partition coefficient (Wildman–Crippen LogP) is 2.32. The van der Waals surface area contributed by atoms with Gasteiger partial charge in [-0.15, -0.1) is 0 Å². The highest BCUT2D eigenvalue weighted by molar-refractivity contribution is 5.87. The summed E-state index contributed by atoms with van der Waals surface area (Å²) in [6.45, 7) is 2.34. The van der Waals surface area contributed by atoms with Crippen molar-refractivity contribution in [3.63, 3.8) is 0 Å². The van der Waals surface area contributed by atoms with E-state index in [0.29, 0.717) is 23.6 Å². The van der Waals surface area contributed by atoms with Gasteiger partial charge in [-0.2, -0.15) is 0 Å². The molecule has 3 rings (SSSR count). The molecule has 0 unspecified atom stereocenters. The van der Waals surface area contributed by atoms with Crippen molar-refractivity contribution >= 4 is 16.9 Å². The topological polar surface area (TPSA) is 63.5 Å². The first kappa shape index (κ1) is 14.8. The van der Waals surface area contributed by atoms with Crippen molar-refractivity contribution in [3.05, 3.63) is 30.0 Å². The van der Waals surface area contributed by atoms with E-state index in [9.17, 15) is 9.18 Å². The number of alkyl halides is 1. The van der Waals surface area contributed by atoms with Gasteiger partial charge >= 0.3 is 0 Å². The molecule has 2 aromatic rings. The van der Waals surface area contributed by atoms with Crippen molar-refractivity contribution in [1.29, 1.82) is 0 Å². The molecule has 2 heterocycles. The number of methoxy groups -OCH3 is 1. The van der Waals surface area contributed by atoms with Crippen LogP contribution in [0.2, 0.25) is 0 Å². The molecule has 1 aliphatic heterocycles. The fourth-order valence-corrected chi connectivity index (χ4v) is 2.68. The summed E-state index contributed by atoms with van der Waals surface area (Å²) in [5.41, 5.74) is -1.21. The molecule has 0 radical (unpaired) electrons. The highest BCUT2D eigenvalue weighted by Crippen LogP contribution is 2.31. The predicted molar refractivity (Wildman–Crippen MR) is 80.6 cm³/mol. The maximum atomic E-state index is 14.4. The lowest BCUT2D eigenvalue weighted by atomic mass is 10.0. The highest BCUT2D eigenvalue weighted by atomic mass is 19.1. The minimum absolute atomic E-state index is 0.0551. The molecule has 0 saturated carbocycles. The number of carbonyl (C=O) groups is 1. The third kappa shape index (κ3) is 2.54. The summed E-state index contributed by atoms with van der Waals surface area (Å²) in [6, 6.07) is 6.99. The van der Waals surface area contributed by atoms with E-state index in [1.807, 2.05) is 18.2 Å². The molecule has 6 heteroatoms. The van der Waals surface area contributed by atoms with Crippen LogP contribution in [0.4, 0.5) is 4.39 Å². The van der Waals surface area contributed by atoms with Gasteiger partial charge in [0.15, 0.2) is 11.3 Å². The molecule has 2 atom stereocenters. The smallest absolute Gasteiger partial charge is 0.259 e. The summed E-state index contributed by atoms with van der Waals surface area (Å²) in [5.74, 6) is 0.601. The van der Waals surface area contributed by atoms with Crippen molar-refractivity contribution in [2.75, 3.05) is 20.2 Å². The number of ether oxygens (including phenoxy) is 1. The van der Waals surface area contributed by atoms with E-state index < -0.39 is 17.6 Å². The fourth-order valence-electron chi connectivity index (χ4n) is 2.68. The third-order valence-electron chi connectivity index (χ3n) is 4.03. The molecular formula is C16H19FN2O3. The molecular weight excluding hydrogens is 287 g/mol. The lowest BCUT2D eigenvalue weighted by Gasteiger charge is -2.20. The Morgan fingerprint density at radius 1 is 1.55 bits per heavy atom. The monoisotopic (exact) mass is 306 g/mol. The Morgan fingerprint density at radius 2 is 2.36 bits per heavy atom. The number of hydrogen-bond donors (Lipinski definition) is 2. The van der Waals surface area contributed by atoms with Crippen molar-refractivity contribution in [2.45, 2.75) is 25.1 Å². The Kier molecular flexibility index (Phi) is 3.78. The molecule has 0 aliphatic carbocycles. The molecule has 0 spiro atoms. The van der Waals surface area contributed by atoms with Crippen molar-refractivity contribution in [2.24, 2.45) is 0 Å². The second kappa shape index (κ2) is 5.61. The van der Waals surface area contributed by atoms with Gasteiger partial charge in [0.05, 0.1) is 13.2 Å². The normalized spacial score (nSPS) is 22.7. The van der Waals surface area contributed by atoms with Gasteiger partial charge in [0.25, 0.3) is 5.91 Å². The molecule has 0 bridgehead atoms. The van der Waals surface area contributed by atoms with E-state index in [4.69, 9.17) is 9.15 Å². The summed E-state index contributed by atoms with van der Waals surface area (Å²) in [6.07, 6.45) is 0.194. The summed E-state index contributed by atoms with van der Waals surface area (Å²) >= 11 is 0. The Morgan fingerprint density at radius 3 is 3.05 bits per heavy atom. The standard InChI is InChI=1S/C16H19FN2O3/c1-10(19-15(20)16(17)6-7-18-9-16)13-8-11-4-3-5-12(21-2)14(11)22-13/h3-5,8,10,18H,6-7,9H2,1-2H3,(H,19,20)/t10-,16+/m1/s1. The summed E-state index contributed by atoms with van der Waals surface area (Å²) in [4.78, 5) is 12.1. The van der Waals surface area contributed by atoms with Gasteiger partial charge in [0.2, 0.25) is 5.67 Å². The van der Waals surface area contributed by atoms with Gasteiger partial charge in [-0.1, -0.05) is 12.1 Å². The molecule has 1 amide bonds. The number of nitrogens with one attached hydrogen (secondary N) is 2. The molecule has 1 fully saturated rings. The summed E-state index contributed by atoms with van der Waals surface area (Å²) in [7, 11) is 1.57. The number of carbonyl (C=O) groups excluding carboxylic acids is 1. The zero-order valence-electron chi connectivity index (χ0n) is 12.6. The van der Waals surface area contributed by atoms with E-state index >= 15 is 0 Å². The van der Waals surface area contributed by atoms with Gasteiger partial charge in [-0.05, 0) is 25.6 Å². The molecule has 118 valence electrons. The van der Waals surface area contributed by atoms with Gasteiger partial charge in [-0.25, -0.2) is 4.39 Å². The van der Waals surface area contributed by atoms with Crippen LogP contribution in [0.15, 0.2) is 28.7 Å². The van der Waals surface area contributed by atoms with Crippen molar-refractivity contribution < 1.29 is 18.3 Å². The van der Waals surface area contributed by atoms with E-state index in [0.717, 1.165) is 5.39 Å². The first-order valence-electron chi connectivity index (χ1n) is 7.30. The Labute approximate surface area is 127 Å². The van der Waals surface area contributed by atoms with E-state index in [-0.39, 0.29) is 13.0 Å². The van der Waals surface area contributed by atoms with Crippen LogP contribution >= 0.6 is 0 Å². The van der Waals surface area contributed by atoms with Crippen molar-refractivity contribution in [3.8, 4) is 5.75 Å². The van der Waals surface area contributed by atoms with Crippen LogP contribution in [-0.4, -0.2) is 31.8 Å². The summed E-state index contributed by atoms with van der Waals surface area (Å²) < 4.78 is 25.4. The maximum absolute atomic E-state index is 14.4. The molecule has 1 aliphatic rings. The van der Waals surface area contributed by atoms with Gasteiger partial charge in [-0.3, -0.25) is 4.79 Å². The lowest BCUT2D eigenvalue weighted by molar-refractivity contribution is -0.132. The number of para-hydroxylation sites is 1. The molecule has 1 aromatic heterocycles. The van der Waals surface area contributed by atoms with E-state index in [1.54, 1.807) is 20.1 Å². The van der Waals surface area contributed by atoms with E-state index in [1.165, 1.54) is 0 Å². The van der Waals surface area contributed by atoms with Crippen LogP contribution in [0.5, 0.6) is 5.75 Å². The Hall–Kier alpha value is -2.08. The quantitative estimate of drug-likeness (QED) is 0.910. The molecule has 1 aromatic carbocycles. The van der Waals surface area contributed by atoms with Crippen LogP contribution < -0.4 is 15.4 Å². The zero-order chi connectivity index (χ0) is 15.7. The van der Waals surface area contributed by atoms with Gasteiger partial charge < -0.3 is 19.8 Å². The Bertz CT molecular complexity index is 692. The number of fused-ring (bicyclic) bond motifs is 1. The molecule has 5 nitrogen and oxygen atoms in total. The number of furan rings is 1. The second-order valence-corrected chi connectivity index (χ2v) is 5.61. The van der Waals surface area contributed by atoms with E-state index in [2.05, 4.69) is 10.6 Å². The number of benzene rings is 1. The number of amides is 1. The fraction of sp³-hybridized carbons (Fsp3) is 0.438. The second-order valence-electron chi connectivity index (χ2n) is 5.61. The number of halogens is 1. The van der Waals surface area contributed by atoms with Crippen molar-refractivity contribution in [1.82, 2.24) is 10.6 Å². The lowest BCUT2D eigenvalue weighted by Crippen LogP contribution is -2.45. The molecule has 22 heavy (non-hydrogen) atoms. The average molecular weight is 306 g/mol. The minimum atomic E-state index is -1.84. The van der Waals surface area contributed by atoms with Gasteiger partial charge in [0, 0.05) is 18.4 Å². The first-order valence-corrected chi connectivity index (χ1v) is 7.30. The summed E-state index contributed by atoms with van der Waals surface area (Å²) in [5, 5.41) is 6.44. The van der Waals surface area contributed by atoms with Crippen LogP contribution in [0.25, 0.3) is 11.0 Å². The molecule has 2 N–H and O–H groups in total. The average Bonchev–Trinajstić information content (AvgIpc) is 3.13. The Balaban J connectivity index is 1.80. The van der Waals surface area contributed by atoms with Crippen LogP contribution in [-0.2, 0) is 4.79 Å². The molecule has 1 saturated heterocycles. The van der Waals surface area contributed by atoms with Crippen LogP contribution in [0, 0.1) is 0 Å². The maximum Gasteiger partial charge on any atom is 0.259 e. The number of rotatable bonds is 4. The highest BCUT2D eigenvalue weighted by Gasteiger charge is 2.42. The largest absolute Gasteiger partial charge is 0.493 e. The SMILES string of the molecule is COc1cccc2cc([C@@H](C)NC(=O)[C@]3(F)CCNC3)oc12. The van der Waals surface area contributed by atoms with Crippen LogP contribution in [0.3, 0.4) is 0 Å². The first-order chi connectivity index (χ1) is 10.5. The number of hydrogen-bond acceptors (Lipinski definition) is 4.